The quantitative estimate of drug-likeness (QED) is 0.306. The van der Waals surface area contributed by atoms with E-state index in [1.54, 1.807) is 36.4 Å². The monoisotopic (exact) mass is 436 g/mol. The summed E-state index contributed by atoms with van der Waals surface area (Å²) in [5.74, 6) is -0.527. The van der Waals surface area contributed by atoms with Crippen molar-refractivity contribution in [2.24, 2.45) is 0 Å². The SMILES string of the molecule is COc1cc([N+](=O)[O-])ccc1NC(=O)COC(=O)c1ccccc1COc1ccccc1. The summed E-state index contributed by atoms with van der Waals surface area (Å²) in [6.07, 6.45) is 0. The first-order valence-corrected chi connectivity index (χ1v) is 9.53. The zero-order chi connectivity index (χ0) is 22.9. The molecule has 0 atom stereocenters. The number of nitrogens with zero attached hydrogens (tertiary/aromatic N) is 1. The normalized spacial score (nSPS) is 10.2. The Hall–Kier alpha value is -4.40. The molecule has 0 unspecified atom stereocenters. The highest BCUT2D eigenvalue weighted by Crippen LogP contribution is 2.29. The van der Waals surface area contributed by atoms with Gasteiger partial charge in [-0.3, -0.25) is 14.9 Å². The maximum absolute atomic E-state index is 12.5. The van der Waals surface area contributed by atoms with Crippen LogP contribution in [-0.2, 0) is 16.1 Å². The predicted octanol–water partition coefficient (Wildman–Crippen LogP) is 3.98. The van der Waals surface area contributed by atoms with Gasteiger partial charge in [0.05, 0.1) is 29.4 Å². The molecular formula is C23H20N2O7. The third kappa shape index (κ3) is 5.82. The topological polar surface area (TPSA) is 117 Å². The number of para-hydroxylation sites is 1. The molecule has 164 valence electrons. The van der Waals surface area contributed by atoms with Crippen LogP contribution in [0.25, 0.3) is 0 Å². The highest BCUT2D eigenvalue weighted by molar-refractivity contribution is 5.97. The van der Waals surface area contributed by atoms with E-state index in [1.165, 1.54) is 25.3 Å². The Morgan fingerprint density at radius 3 is 2.44 bits per heavy atom. The molecule has 0 saturated heterocycles. The summed E-state index contributed by atoms with van der Waals surface area (Å²) < 4.78 is 15.9. The van der Waals surface area contributed by atoms with Gasteiger partial charge in [-0.05, 0) is 24.3 Å². The Labute approximate surface area is 183 Å². The van der Waals surface area contributed by atoms with Gasteiger partial charge in [-0.2, -0.15) is 0 Å². The van der Waals surface area contributed by atoms with E-state index in [-0.39, 0.29) is 29.3 Å². The number of ether oxygens (including phenoxy) is 3. The Kier molecular flexibility index (Phi) is 7.37. The van der Waals surface area contributed by atoms with E-state index in [0.717, 1.165) is 0 Å². The maximum atomic E-state index is 12.5. The zero-order valence-corrected chi connectivity index (χ0v) is 17.1. The number of nitrogens with one attached hydrogen (secondary N) is 1. The van der Waals surface area contributed by atoms with Crippen molar-refractivity contribution in [1.82, 2.24) is 0 Å². The second-order valence-corrected chi connectivity index (χ2v) is 6.52. The summed E-state index contributed by atoms with van der Waals surface area (Å²) in [6, 6.07) is 19.7. The van der Waals surface area contributed by atoms with Crippen LogP contribution in [0.3, 0.4) is 0 Å². The number of carbonyl (C=O) groups excluding carboxylic acids is 2. The predicted molar refractivity (Wildman–Crippen MR) is 116 cm³/mol. The van der Waals surface area contributed by atoms with Crippen molar-refractivity contribution in [2.75, 3.05) is 19.0 Å². The summed E-state index contributed by atoms with van der Waals surface area (Å²) in [4.78, 5) is 35.0. The van der Waals surface area contributed by atoms with Crippen molar-refractivity contribution < 1.29 is 28.7 Å². The molecule has 0 aliphatic carbocycles. The molecule has 9 heteroatoms. The minimum absolute atomic E-state index is 0.113. The van der Waals surface area contributed by atoms with E-state index in [0.29, 0.717) is 11.3 Å². The first-order chi connectivity index (χ1) is 15.5. The lowest BCUT2D eigenvalue weighted by molar-refractivity contribution is -0.384. The molecule has 0 heterocycles. The molecule has 3 aromatic rings. The number of methoxy groups -OCH3 is 1. The third-order valence-corrected chi connectivity index (χ3v) is 4.38. The largest absolute Gasteiger partial charge is 0.494 e. The van der Waals surface area contributed by atoms with Gasteiger partial charge in [-0.15, -0.1) is 0 Å². The zero-order valence-electron chi connectivity index (χ0n) is 17.1. The molecule has 1 N–H and O–H groups in total. The summed E-state index contributed by atoms with van der Waals surface area (Å²) in [7, 11) is 1.32. The minimum atomic E-state index is -0.678. The molecule has 0 bridgehead atoms. The molecule has 0 radical (unpaired) electrons. The van der Waals surface area contributed by atoms with Crippen molar-refractivity contribution in [3.63, 3.8) is 0 Å². The number of non-ortho nitro benzene ring substituents is 1. The Morgan fingerprint density at radius 2 is 1.72 bits per heavy atom. The molecule has 3 rings (SSSR count). The fraction of sp³-hybridized carbons (Fsp3) is 0.130. The minimum Gasteiger partial charge on any atom is -0.494 e. The van der Waals surface area contributed by atoms with Crippen LogP contribution >= 0.6 is 0 Å². The van der Waals surface area contributed by atoms with Gasteiger partial charge in [0, 0.05) is 11.6 Å². The van der Waals surface area contributed by atoms with Gasteiger partial charge in [0.1, 0.15) is 18.1 Å². The van der Waals surface area contributed by atoms with Crippen molar-refractivity contribution in [1.29, 1.82) is 0 Å². The highest BCUT2D eigenvalue weighted by Gasteiger charge is 2.17. The van der Waals surface area contributed by atoms with Gasteiger partial charge in [0.25, 0.3) is 11.6 Å². The molecule has 9 nitrogen and oxygen atoms in total. The lowest BCUT2D eigenvalue weighted by atomic mass is 10.1. The van der Waals surface area contributed by atoms with Crippen LogP contribution in [0.2, 0.25) is 0 Å². The first-order valence-electron chi connectivity index (χ1n) is 9.53. The molecular weight excluding hydrogens is 416 g/mol. The average Bonchev–Trinajstić information content (AvgIpc) is 2.82. The Bertz CT molecular complexity index is 1120. The van der Waals surface area contributed by atoms with Crippen molar-refractivity contribution >= 4 is 23.3 Å². The number of rotatable bonds is 9. The van der Waals surface area contributed by atoms with Gasteiger partial charge in [-0.25, -0.2) is 4.79 Å². The molecule has 0 saturated carbocycles. The van der Waals surface area contributed by atoms with E-state index < -0.39 is 23.4 Å². The van der Waals surface area contributed by atoms with Gasteiger partial charge in [0.15, 0.2) is 6.61 Å². The third-order valence-electron chi connectivity index (χ3n) is 4.38. The standard InChI is InChI=1S/C23H20N2O7/c1-30-21-13-17(25(28)29)11-12-20(21)24-22(26)15-32-23(27)19-10-6-5-7-16(19)14-31-18-8-3-2-4-9-18/h2-13H,14-15H2,1H3,(H,24,26). The van der Waals surface area contributed by atoms with E-state index >= 15 is 0 Å². The summed E-state index contributed by atoms with van der Waals surface area (Å²) in [6.45, 7) is -0.395. The molecule has 32 heavy (non-hydrogen) atoms. The van der Waals surface area contributed by atoms with Gasteiger partial charge in [0.2, 0.25) is 0 Å². The number of hydrogen-bond acceptors (Lipinski definition) is 7. The van der Waals surface area contributed by atoms with Crippen LogP contribution < -0.4 is 14.8 Å². The number of nitro groups is 1. The molecule has 0 spiro atoms. The second-order valence-electron chi connectivity index (χ2n) is 6.52. The highest BCUT2D eigenvalue weighted by atomic mass is 16.6. The first kappa shape index (κ1) is 22.3. The van der Waals surface area contributed by atoms with Crippen molar-refractivity contribution in [3.05, 3.63) is 94.0 Å². The lowest BCUT2D eigenvalue weighted by Crippen LogP contribution is -2.22. The number of carbonyl (C=O) groups is 2. The van der Waals surface area contributed by atoms with E-state index in [2.05, 4.69) is 5.32 Å². The number of hydrogen-bond donors (Lipinski definition) is 1. The number of anilines is 1. The molecule has 1 amide bonds. The van der Waals surface area contributed by atoms with Gasteiger partial charge in [-0.1, -0.05) is 36.4 Å². The Balaban J connectivity index is 1.60. The lowest BCUT2D eigenvalue weighted by Gasteiger charge is -2.12. The Morgan fingerprint density at radius 1 is 1.00 bits per heavy atom. The van der Waals surface area contributed by atoms with E-state index in [9.17, 15) is 19.7 Å². The van der Waals surface area contributed by atoms with Crippen LogP contribution in [-0.4, -0.2) is 30.5 Å². The fourth-order valence-corrected chi connectivity index (χ4v) is 2.81. The van der Waals surface area contributed by atoms with Crippen molar-refractivity contribution in [2.45, 2.75) is 6.61 Å². The van der Waals surface area contributed by atoms with Crippen molar-refractivity contribution in [3.8, 4) is 11.5 Å². The summed E-state index contributed by atoms with van der Waals surface area (Å²) >= 11 is 0. The number of esters is 1. The maximum Gasteiger partial charge on any atom is 0.339 e. The number of nitro benzene ring substituents is 1. The summed E-state index contributed by atoms with van der Waals surface area (Å²) in [5, 5.41) is 13.4. The smallest absolute Gasteiger partial charge is 0.339 e. The van der Waals surface area contributed by atoms with E-state index in [4.69, 9.17) is 14.2 Å². The average molecular weight is 436 g/mol. The second kappa shape index (κ2) is 10.6. The molecule has 0 fully saturated rings. The van der Waals surface area contributed by atoms with Gasteiger partial charge >= 0.3 is 5.97 Å². The van der Waals surface area contributed by atoms with Crippen LogP contribution in [0.1, 0.15) is 15.9 Å². The van der Waals surface area contributed by atoms with Crippen LogP contribution in [0.5, 0.6) is 11.5 Å². The molecule has 0 aliphatic rings. The summed E-state index contributed by atoms with van der Waals surface area (Å²) in [5.41, 5.74) is 0.930. The van der Waals surface area contributed by atoms with Crippen LogP contribution in [0.15, 0.2) is 72.8 Å². The number of amides is 1. The molecule has 0 aromatic heterocycles. The van der Waals surface area contributed by atoms with Gasteiger partial charge < -0.3 is 19.5 Å². The number of benzene rings is 3. The van der Waals surface area contributed by atoms with Crippen LogP contribution in [0.4, 0.5) is 11.4 Å². The molecule has 0 aliphatic heterocycles. The molecule has 3 aromatic carbocycles. The fourth-order valence-electron chi connectivity index (χ4n) is 2.81. The van der Waals surface area contributed by atoms with E-state index in [1.807, 2.05) is 18.2 Å². The van der Waals surface area contributed by atoms with Crippen LogP contribution in [0, 0.1) is 10.1 Å².